The lowest BCUT2D eigenvalue weighted by Crippen LogP contribution is -2.45. The van der Waals surface area contributed by atoms with Gasteiger partial charge in [-0.15, -0.1) is 0 Å². The van der Waals surface area contributed by atoms with Crippen molar-refractivity contribution in [2.45, 2.75) is 37.8 Å². The highest BCUT2D eigenvalue weighted by atomic mass is 16.3. The molecule has 1 aromatic rings. The van der Waals surface area contributed by atoms with Crippen molar-refractivity contribution in [2.75, 3.05) is 12.4 Å². The largest absolute Gasteiger partial charge is 0.391 e. The maximum Gasteiger partial charge on any atom is 0.253 e. The van der Waals surface area contributed by atoms with Crippen LogP contribution in [0.2, 0.25) is 0 Å². The van der Waals surface area contributed by atoms with Crippen LogP contribution < -0.4 is 10.6 Å². The molecule has 18 heavy (non-hydrogen) atoms. The molecule has 0 bridgehead atoms. The molecule has 1 aromatic carbocycles. The smallest absolute Gasteiger partial charge is 0.253 e. The SMILES string of the molecule is CNc1ccccc1C(=O)NC1CCCCC1O. The van der Waals surface area contributed by atoms with E-state index in [1.807, 2.05) is 18.2 Å². The van der Waals surface area contributed by atoms with Gasteiger partial charge in [0, 0.05) is 12.7 Å². The second kappa shape index (κ2) is 5.87. The lowest BCUT2D eigenvalue weighted by atomic mass is 9.92. The van der Waals surface area contributed by atoms with Gasteiger partial charge < -0.3 is 15.7 Å². The van der Waals surface area contributed by atoms with Gasteiger partial charge in [-0.05, 0) is 25.0 Å². The van der Waals surface area contributed by atoms with E-state index in [2.05, 4.69) is 10.6 Å². The van der Waals surface area contributed by atoms with Gasteiger partial charge in [-0.3, -0.25) is 4.79 Å². The number of aliphatic hydroxyl groups is 1. The van der Waals surface area contributed by atoms with Crippen LogP contribution in [0.15, 0.2) is 24.3 Å². The molecule has 1 aliphatic rings. The van der Waals surface area contributed by atoms with E-state index in [0.717, 1.165) is 31.4 Å². The van der Waals surface area contributed by atoms with E-state index in [0.29, 0.717) is 5.56 Å². The molecule has 1 amide bonds. The fourth-order valence-corrected chi connectivity index (χ4v) is 2.42. The highest BCUT2D eigenvalue weighted by Gasteiger charge is 2.25. The minimum atomic E-state index is -0.413. The van der Waals surface area contributed by atoms with Crippen LogP contribution in [0.5, 0.6) is 0 Å². The predicted octanol–water partition coefficient (Wildman–Crippen LogP) is 1.76. The Bertz CT molecular complexity index is 420. The summed E-state index contributed by atoms with van der Waals surface area (Å²) in [6.07, 6.45) is 3.33. The molecule has 4 nitrogen and oxygen atoms in total. The summed E-state index contributed by atoms with van der Waals surface area (Å²) >= 11 is 0. The van der Waals surface area contributed by atoms with Gasteiger partial charge >= 0.3 is 0 Å². The molecule has 2 rings (SSSR count). The number of amides is 1. The number of hydrogen-bond acceptors (Lipinski definition) is 3. The van der Waals surface area contributed by atoms with E-state index in [-0.39, 0.29) is 11.9 Å². The Morgan fingerprint density at radius 2 is 2.00 bits per heavy atom. The first-order valence-corrected chi connectivity index (χ1v) is 6.48. The highest BCUT2D eigenvalue weighted by molar-refractivity contribution is 5.99. The van der Waals surface area contributed by atoms with Crippen molar-refractivity contribution in [2.24, 2.45) is 0 Å². The first-order chi connectivity index (χ1) is 8.72. The lowest BCUT2D eigenvalue weighted by Gasteiger charge is -2.28. The molecular formula is C14H20N2O2. The Labute approximate surface area is 107 Å². The molecule has 0 spiro atoms. The molecular weight excluding hydrogens is 228 g/mol. The Balaban J connectivity index is 2.07. The summed E-state index contributed by atoms with van der Waals surface area (Å²) in [5, 5.41) is 15.8. The van der Waals surface area contributed by atoms with Crippen molar-refractivity contribution in [3.05, 3.63) is 29.8 Å². The van der Waals surface area contributed by atoms with Gasteiger partial charge in [-0.1, -0.05) is 25.0 Å². The van der Waals surface area contributed by atoms with Crippen LogP contribution in [0.25, 0.3) is 0 Å². The normalized spacial score (nSPS) is 23.4. The van der Waals surface area contributed by atoms with Gasteiger partial charge in [-0.2, -0.15) is 0 Å². The van der Waals surface area contributed by atoms with Crippen molar-refractivity contribution < 1.29 is 9.90 Å². The zero-order valence-corrected chi connectivity index (χ0v) is 10.6. The topological polar surface area (TPSA) is 61.4 Å². The van der Waals surface area contributed by atoms with Crippen molar-refractivity contribution in [1.82, 2.24) is 5.32 Å². The van der Waals surface area contributed by atoms with E-state index in [1.54, 1.807) is 13.1 Å². The van der Waals surface area contributed by atoms with Crippen LogP contribution in [-0.2, 0) is 0 Å². The van der Waals surface area contributed by atoms with Gasteiger partial charge in [-0.25, -0.2) is 0 Å². The molecule has 1 saturated carbocycles. The second-order valence-electron chi connectivity index (χ2n) is 4.73. The number of carbonyl (C=O) groups is 1. The first kappa shape index (κ1) is 12.9. The molecule has 2 atom stereocenters. The van der Waals surface area contributed by atoms with Crippen molar-refractivity contribution in [3.63, 3.8) is 0 Å². The Morgan fingerprint density at radius 1 is 1.28 bits per heavy atom. The third-order valence-corrected chi connectivity index (χ3v) is 3.49. The maximum atomic E-state index is 12.2. The highest BCUT2D eigenvalue weighted by Crippen LogP contribution is 2.20. The summed E-state index contributed by atoms with van der Waals surface area (Å²) in [4.78, 5) is 12.2. The van der Waals surface area contributed by atoms with E-state index in [4.69, 9.17) is 0 Å². The molecule has 3 N–H and O–H groups in total. The number of anilines is 1. The molecule has 0 saturated heterocycles. The Kier molecular flexibility index (Phi) is 4.20. The molecule has 0 radical (unpaired) electrons. The molecule has 1 fully saturated rings. The van der Waals surface area contributed by atoms with E-state index >= 15 is 0 Å². The zero-order valence-electron chi connectivity index (χ0n) is 10.6. The van der Waals surface area contributed by atoms with Gasteiger partial charge in [0.25, 0.3) is 5.91 Å². The van der Waals surface area contributed by atoms with Crippen LogP contribution >= 0.6 is 0 Å². The summed E-state index contributed by atoms with van der Waals surface area (Å²) in [5.74, 6) is -0.120. The fraction of sp³-hybridized carbons (Fsp3) is 0.500. The molecule has 4 heteroatoms. The van der Waals surface area contributed by atoms with Crippen LogP contribution in [-0.4, -0.2) is 30.2 Å². The number of hydrogen-bond donors (Lipinski definition) is 3. The van der Waals surface area contributed by atoms with Crippen LogP contribution in [0.1, 0.15) is 36.0 Å². The first-order valence-electron chi connectivity index (χ1n) is 6.48. The van der Waals surface area contributed by atoms with Crippen molar-refractivity contribution in [3.8, 4) is 0 Å². The standard InChI is InChI=1S/C14H20N2O2/c1-15-11-7-3-2-6-10(11)14(18)16-12-8-4-5-9-13(12)17/h2-3,6-7,12-13,15,17H,4-5,8-9H2,1H3,(H,16,18). The minimum Gasteiger partial charge on any atom is -0.391 e. The summed E-state index contributed by atoms with van der Waals surface area (Å²) in [7, 11) is 1.79. The quantitative estimate of drug-likeness (QED) is 0.764. The number of aliphatic hydroxyl groups excluding tert-OH is 1. The molecule has 0 heterocycles. The third-order valence-electron chi connectivity index (χ3n) is 3.49. The molecule has 98 valence electrons. The molecule has 2 unspecified atom stereocenters. The molecule has 0 aromatic heterocycles. The van der Waals surface area contributed by atoms with Gasteiger partial charge in [0.05, 0.1) is 17.7 Å². The van der Waals surface area contributed by atoms with E-state index in [9.17, 15) is 9.90 Å². The van der Waals surface area contributed by atoms with Crippen LogP contribution in [0.4, 0.5) is 5.69 Å². The summed E-state index contributed by atoms with van der Waals surface area (Å²) in [5.41, 5.74) is 1.43. The minimum absolute atomic E-state index is 0.115. The molecule has 1 aliphatic carbocycles. The average molecular weight is 248 g/mol. The number of para-hydroxylation sites is 1. The fourth-order valence-electron chi connectivity index (χ4n) is 2.42. The van der Waals surface area contributed by atoms with Crippen LogP contribution in [0, 0.1) is 0 Å². The summed E-state index contributed by atoms with van der Waals surface area (Å²) in [6.45, 7) is 0. The van der Waals surface area contributed by atoms with Crippen molar-refractivity contribution in [1.29, 1.82) is 0 Å². The summed E-state index contributed by atoms with van der Waals surface area (Å²) < 4.78 is 0. The van der Waals surface area contributed by atoms with E-state index in [1.165, 1.54) is 0 Å². The summed E-state index contributed by atoms with van der Waals surface area (Å²) in [6, 6.07) is 7.27. The third kappa shape index (κ3) is 2.82. The number of rotatable bonds is 3. The van der Waals surface area contributed by atoms with Gasteiger partial charge in [0.2, 0.25) is 0 Å². The number of benzene rings is 1. The van der Waals surface area contributed by atoms with Gasteiger partial charge in [0.1, 0.15) is 0 Å². The van der Waals surface area contributed by atoms with Crippen molar-refractivity contribution >= 4 is 11.6 Å². The zero-order chi connectivity index (χ0) is 13.0. The lowest BCUT2D eigenvalue weighted by molar-refractivity contribution is 0.0718. The average Bonchev–Trinajstić information content (AvgIpc) is 2.41. The predicted molar refractivity (Wildman–Crippen MR) is 71.7 cm³/mol. The molecule has 0 aliphatic heterocycles. The Hall–Kier alpha value is -1.55. The van der Waals surface area contributed by atoms with Crippen LogP contribution in [0.3, 0.4) is 0 Å². The number of nitrogens with one attached hydrogen (secondary N) is 2. The second-order valence-corrected chi connectivity index (χ2v) is 4.73. The van der Waals surface area contributed by atoms with E-state index < -0.39 is 6.10 Å². The van der Waals surface area contributed by atoms with Gasteiger partial charge in [0.15, 0.2) is 0 Å². The monoisotopic (exact) mass is 248 g/mol. The maximum absolute atomic E-state index is 12.2. The Morgan fingerprint density at radius 3 is 2.72 bits per heavy atom. The number of carbonyl (C=O) groups excluding carboxylic acids is 1.